The summed E-state index contributed by atoms with van der Waals surface area (Å²) >= 11 is 5.85. The van der Waals surface area contributed by atoms with Crippen molar-refractivity contribution in [2.24, 2.45) is 0 Å². The molecule has 94 valence electrons. The van der Waals surface area contributed by atoms with Gasteiger partial charge >= 0.3 is 0 Å². The maximum absolute atomic E-state index is 13.7. The maximum Gasteiger partial charge on any atom is 0.138 e. The first-order valence-electron chi connectivity index (χ1n) is 5.07. The van der Waals surface area contributed by atoms with Gasteiger partial charge in [-0.3, -0.25) is 0 Å². The van der Waals surface area contributed by atoms with Gasteiger partial charge in [0.05, 0.1) is 22.0 Å². The zero-order valence-electron chi connectivity index (χ0n) is 9.48. The normalized spacial score (nSPS) is 15.6. The van der Waals surface area contributed by atoms with Crippen LogP contribution in [0.1, 0.15) is 5.56 Å². The highest BCUT2D eigenvalue weighted by Gasteiger charge is 2.22. The molecule has 1 nitrogen and oxygen atoms in total. The molecule has 0 unspecified atom stereocenters. The number of nitrogens with zero attached hydrogens (tertiary/aromatic N) is 1. The summed E-state index contributed by atoms with van der Waals surface area (Å²) in [6.07, 6.45) is 2.94. The second-order valence-corrected chi connectivity index (χ2v) is 4.22. The lowest BCUT2D eigenvalue weighted by Crippen LogP contribution is -2.20. The summed E-state index contributed by atoms with van der Waals surface area (Å²) in [6, 6.07) is 1.27. The Morgan fingerprint density at radius 1 is 1.11 bits per heavy atom. The van der Waals surface area contributed by atoms with E-state index in [2.05, 4.69) is 6.58 Å². The van der Waals surface area contributed by atoms with Crippen molar-refractivity contribution in [2.75, 3.05) is 7.05 Å². The zero-order valence-corrected chi connectivity index (χ0v) is 10.2. The largest absolute Gasteiger partial charge is 0.343 e. The number of benzene rings is 1. The molecular weight excluding hydrogens is 263 g/mol. The summed E-state index contributed by atoms with van der Waals surface area (Å²) in [7, 11) is 1.58. The molecule has 0 atom stereocenters. The lowest BCUT2D eigenvalue weighted by atomic mass is 10.1. The molecule has 18 heavy (non-hydrogen) atoms. The first-order chi connectivity index (χ1) is 8.41. The van der Waals surface area contributed by atoms with E-state index in [1.165, 1.54) is 17.1 Å². The number of hydrogen-bond donors (Lipinski definition) is 0. The first kappa shape index (κ1) is 12.8. The fourth-order valence-corrected chi connectivity index (χ4v) is 1.89. The fourth-order valence-electron chi connectivity index (χ4n) is 1.70. The van der Waals surface area contributed by atoms with Gasteiger partial charge in [0, 0.05) is 19.2 Å². The highest BCUT2D eigenvalue weighted by atomic mass is 35.5. The van der Waals surface area contributed by atoms with Gasteiger partial charge in [-0.2, -0.15) is 0 Å². The molecule has 0 bridgehead atoms. The van der Waals surface area contributed by atoms with Gasteiger partial charge in [-0.05, 0) is 12.2 Å². The van der Waals surface area contributed by atoms with Crippen molar-refractivity contribution in [2.45, 2.75) is 0 Å². The minimum atomic E-state index is -0.968. The van der Waals surface area contributed by atoms with Crippen LogP contribution in [0.25, 0.3) is 5.70 Å². The van der Waals surface area contributed by atoms with Gasteiger partial charge in [0.2, 0.25) is 0 Å². The van der Waals surface area contributed by atoms with E-state index in [4.69, 9.17) is 11.6 Å². The minimum absolute atomic E-state index is 0.236. The van der Waals surface area contributed by atoms with Gasteiger partial charge in [-0.25, -0.2) is 13.2 Å². The quantitative estimate of drug-likeness (QED) is 0.745. The average molecular weight is 272 g/mol. The fraction of sp³-hybridized carbons (Fsp3) is 0.0769. The highest BCUT2D eigenvalue weighted by molar-refractivity contribution is 6.32. The van der Waals surface area contributed by atoms with Crippen LogP contribution in [0, 0.1) is 17.5 Å². The average Bonchev–Trinajstić information content (AvgIpc) is 2.28. The lowest BCUT2D eigenvalue weighted by Gasteiger charge is -2.27. The number of likely N-dealkylation sites (N-methyl/N-ethyl adjacent to an activating group) is 1. The monoisotopic (exact) mass is 271 g/mol. The van der Waals surface area contributed by atoms with Crippen molar-refractivity contribution in [3.05, 3.63) is 64.6 Å². The van der Waals surface area contributed by atoms with Crippen LogP contribution in [0.15, 0.2) is 41.6 Å². The molecule has 0 aliphatic carbocycles. The molecule has 0 aromatic heterocycles. The van der Waals surface area contributed by atoms with E-state index in [0.29, 0.717) is 22.9 Å². The molecule has 0 amide bonds. The van der Waals surface area contributed by atoms with Crippen LogP contribution in [0.2, 0.25) is 0 Å². The topological polar surface area (TPSA) is 3.24 Å². The molecule has 0 saturated carbocycles. The predicted octanol–water partition coefficient (Wildman–Crippen LogP) is 4.03. The van der Waals surface area contributed by atoms with Crippen molar-refractivity contribution in [3.63, 3.8) is 0 Å². The summed E-state index contributed by atoms with van der Waals surface area (Å²) in [4.78, 5) is 1.45. The Balaban J connectivity index is 2.60. The van der Waals surface area contributed by atoms with Crippen LogP contribution in [0.3, 0.4) is 0 Å². The van der Waals surface area contributed by atoms with E-state index in [0.717, 1.165) is 0 Å². The summed E-state index contributed by atoms with van der Waals surface area (Å²) in [6.45, 7) is 3.69. The molecule has 2 rings (SSSR count). The second-order valence-electron chi connectivity index (χ2n) is 3.82. The Bertz CT molecular complexity index is 567. The molecule has 1 aromatic carbocycles. The third-order valence-corrected chi connectivity index (χ3v) is 3.04. The van der Waals surface area contributed by atoms with E-state index in [1.807, 2.05) is 0 Å². The number of halogens is 4. The number of hydrogen-bond acceptors (Lipinski definition) is 1. The van der Waals surface area contributed by atoms with Crippen LogP contribution < -0.4 is 0 Å². The third kappa shape index (κ3) is 2.04. The zero-order chi connectivity index (χ0) is 13.4. The van der Waals surface area contributed by atoms with Crippen LogP contribution in [0.4, 0.5) is 13.2 Å². The summed E-state index contributed by atoms with van der Waals surface area (Å²) in [5, 5.41) is 0.379. The molecular formula is C13H9ClF3N. The molecule has 1 heterocycles. The van der Waals surface area contributed by atoms with Gasteiger partial charge in [0.1, 0.15) is 17.5 Å². The van der Waals surface area contributed by atoms with E-state index >= 15 is 0 Å². The van der Waals surface area contributed by atoms with Crippen molar-refractivity contribution in [1.29, 1.82) is 0 Å². The Hall–Kier alpha value is -1.68. The Labute approximate surface area is 107 Å². The maximum atomic E-state index is 13.7. The van der Waals surface area contributed by atoms with Crippen LogP contribution in [-0.2, 0) is 0 Å². The van der Waals surface area contributed by atoms with Gasteiger partial charge in [0.15, 0.2) is 0 Å². The summed E-state index contributed by atoms with van der Waals surface area (Å²) in [5.41, 5.74) is 0.345. The first-order valence-corrected chi connectivity index (χ1v) is 5.45. The van der Waals surface area contributed by atoms with Crippen LogP contribution in [-0.4, -0.2) is 11.9 Å². The summed E-state index contributed by atoms with van der Waals surface area (Å²) < 4.78 is 40.2. The standard InChI is InChI=1S/C13H9ClF3N/c1-7-9(14)3-4-12(18(7)2)13-10(16)5-8(15)6-11(13)17/h3-6H,1H2,2H3. The third-order valence-electron chi connectivity index (χ3n) is 2.69. The molecule has 0 saturated heterocycles. The van der Waals surface area contributed by atoms with E-state index in [-0.39, 0.29) is 11.3 Å². The van der Waals surface area contributed by atoms with Crippen molar-refractivity contribution in [1.82, 2.24) is 4.90 Å². The molecule has 1 aliphatic heterocycles. The Morgan fingerprint density at radius 2 is 1.67 bits per heavy atom. The van der Waals surface area contributed by atoms with Gasteiger partial charge in [-0.1, -0.05) is 18.2 Å². The second kappa shape index (κ2) is 4.53. The molecule has 1 aliphatic rings. The minimum Gasteiger partial charge on any atom is -0.343 e. The van der Waals surface area contributed by atoms with Crippen LogP contribution in [0.5, 0.6) is 0 Å². The van der Waals surface area contributed by atoms with Gasteiger partial charge in [-0.15, -0.1) is 0 Å². The van der Waals surface area contributed by atoms with Gasteiger partial charge in [0.25, 0.3) is 0 Å². The molecule has 5 heteroatoms. The molecule has 0 N–H and O–H groups in total. The molecule has 1 aromatic rings. The molecule has 0 spiro atoms. The van der Waals surface area contributed by atoms with E-state index in [9.17, 15) is 13.2 Å². The highest BCUT2D eigenvalue weighted by Crippen LogP contribution is 2.33. The van der Waals surface area contributed by atoms with Crippen molar-refractivity contribution >= 4 is 17.3 Å². The SMILES string of the molecule is C=C1C(Cl)=CC=C(c2c(F)cc(F)cc2F)N1C. The Morgan fingerprint density at radius 3 is 2.22 bits per heavy atom. The van der Waals surface area contributed by atoms with E-state index in [1.54, 1.807) is 7.05 Å². The predicted molar refractivity (Wildman–Crippen MR) is 65.1 cm³/mol. The van der Waals surface area contributed by atoms with Crippen molar-refractivity contribution in [3.8, 4) is 0 Å². The Kier molecular flexibility index (Phi) is 3.22. The number of allylic oxidation sites excluding steroid dienone is 3. The lowest BCUT2D eigenvalue weighted by molar-refractivity contribution is 0.524. The molecule has 0 radical (unpaired) electrons. The van der Waals surface area contributed by atoms with Gasteiger partial charge < -0.3 is 4.90 Å². The summed E-state index contributed by atoms with van der Waals surface area (Å²) in [5.74, 6) is -2.89. The smallest absolute Gasteiger partial charge is 0.138 e. The molecule has 0 fully saturated rings. The van der Waals surface area contributed by atoms with Crippen molar-refractivity contribution < 1.29 is 13.2 Å². The van der Waals surface area contributed by atoms with E-state index < -0.39 is 17.5 Å². The number of rotatable bonds is 1. The van der Waals surface area contributed by atoms with Crippen LogP contribution >= 0.6 is 11.6 Å².